The second-order valence-corrected chi connectivity index (χ2v) is 7.55. The topological polar surface area (TPSA) is 18.5 Å². The van der Waals surface area contributed by atoms with E-state index >= 15 is 0 Å². The molecule has 3 heteroatoms. The van der Waals surface area contributed by atoms with Crippen LogP contribution in [0.5, 0.6) is 0 Å². The van der Waals surface area contributed by atoms with Crippen LogP contribution in [0.2, 0.25) is 12.6 Å². The van der Waals surface area contributed by atoms with E-state index in [0.717, 1.165) is 11.6 Å². The Morgan fingerprint density at radius 2 is 2.06 bits per heavy atom. The largest absolute Gasteiger partial charge is 0.398 e. The van der Waals surface area contributed by atoms with Gasteiger partial charge in [0.05, 0.1) is 6.61 Å². The molecule has 1 unspecified atom stereocenters. The second-order valence-electron chi connectivity index (χ2n) is 3.88. The lowest BCUT2D eigenvalue weighted by Crippen LogP contribution is -2.36. The van der Waals surface area contributed by atoms with Crippen LogP contribution in [0.3, 0.4) is 0 Å². The van der Waals surface area contributed by atoms with Gasteiger partial charge >= 0.3 is 8.56 Å². The minimum atomic E-state index is -1.95. The summed E-state index contributed by atoms with van der Waals surface area (Å²) < 4.78 is 11.4. The molecule has 88 valence electrons. The number of benzene rings is 1. The monoisotopic (exact) mass is 236 g/mol. The molecule has 0 saturated carbocycles. The summed E-state index contributed by atoms with van der Waals surface area (Å²) in [5.41, 5.74) is 2.30. The zero-order valence-corrected chi connectivity index (χ0v) is 11.3. The summed E-state index contributed by atoms with van der Waals surface area (Å²) in [4.78, 5) is 0. The molecular weight excluding hydrogens is 216 g/mol. The zero-order chi connectivity index (χ0) is 12.0. The van der Waals surface area contributed by atoms with E-state index in [1.807, 2.05) is 24.3 Å². The summed E-state index contributed by atoms with van der Waals surface area (Å²) in [6.07, 6.45) is 1.86. The average Bonchev–Trinajstić information content (AvgIpc) is 2.36. The fourth-order valence-corrected chi connectivity index (χ4v) is 2.47. The van der Waals surface area contributed by atoms with Crippen molar-refractivity contribution in [2.24, 2.45) is 0 Å². The van der Waals surface area contributed by atoms with Gasteiger partial charge in [-0.1, -0.05) is 43.8 Å². The maximum absolute atomic E-state index is 5.93. The third kappa shape index (κ3) is 3.30. The van der Waals surface area contributed by atoms with E-state index in [4.69, 9.17) is 8.85 Å². The molecule has 0 bridgehead atoms. The van der Waals surface area contributed by atoms with Crippen LogP contribution in [-0.4, -0.2) is 15.7 Å². The minimum Gasteiger partial charge on any atom is -0.398 e. The van der Waals surface area contributed by atoms with Gasteiger partial charge in [0.2, 0.25) is 0 Å². The van der Waals surface area contributed by atoms with Crippen LogP contribution in [0.4, 0.5) is 0 Å². The average molecular weight is 236 g/mol. The highest BCUT2D eigenvalue weighted by Gasteiger charge is 2.27. The van der Waals surface area contributed by atoms with Crippen LogP contribution in [0, 0.1) is 0 Å². The zero-order valence-electron chi connectivity index (χ0n) is 10.3. The summed E-state index contributed by atoms with van der Waals surface area (Å²) in [6.45, 7) is 8.60. The molecule has 0 aliphatic rings. The Bertz CT molecular complexity index is 346. The van der Waals surface area contributed by atoms with Crippen LogP contribution in [0.1, 0.15) is 18.1 Å². The van der Waals surface area contributed by atoms with Crippen molar-refractivity contribution in [2.45, 2.75) is 26.1 Å². The molecule has 0 amide bonds. The van der Waals surface area contributed by atoms with E-state index < -0.39 is 8.56 Å². The van der Waals surface area contributed by atoms with Crippen LogP contribution in [0.15, 0.2) is 30.8 Å². The molecular formula is C13H20O2Si. The molecule has 0 N–H and O–H groups in total. The normalized spacial score (nSPS) is 14.4. The van der Waals surface area contributed by atoms with Crippen LogP contribution < -0.4 is 0 Å². The van der Waals surface area contributed by atoms with E-state index in [9.17, 15) is 0 Å². The van der Waals surface area contributed by atoms with Crippen molar-refractivity contribution in [1.82, 2.24) is 0 Å². The van der Waals surface area contributed by atoms with Gasteiger partial charge in [-0.15, -0.1) is 0 Å². The van der Waals surface area contributed by atoms with E-state index in [-0.39, 0.29) is 0 Å². The van der Waals surface area contributed by atoms with Crippen LogP contribution >= 0.6 is 0 Å². The van der Waals surface area contributed by atoms with Crippen molar-refractivity contribution in [3.63, 3.8) is 0 Å². The van der Waals surface area contributed by atoms with E-state index in [0.29, 0.717) is 6.61 Å². The van der Waals surface area contributed by atoms with Crippen LogP contribution in [-0.2, 0) is 15.5 Å². The summed E-state index contributed by atoms with van der Waals surface area (Å²) >= 11 is 0. The molecule has 1 rings (SSSR count). The second kappa shape index (κ2) is 5.99. The third-order valence-electron chi connectivity index (χ3n) is 2.88. The number of rotatable bonds is 6. The fourth-order valence-electron chi connectivity index (χ4n) is 1.40. The molecule has 1 aromatic rings. The highest BCUT2D eigenvalue weighted by Crippen LogP contribution is 2.17. The van der Waals surface area contributed by atoms with Crippen molar-refractivity contribution in [3.8, 4) is 0 Å². The SMILES string of the molecule is C=Cc1ccccc1CO[Si](C)(CC)OC. The third-order valence-corrected chi connectivity index (χ3v) is 5.79. The quantitative estimate of drug-likeness (QED) is 0.703. The molecule has 0 saturated heterocycles. The molecule has 0 aliphatic heterocycles. The van der Waals surface area contributed by atoms with Crippen molar-refractivity contribution < 1.29 is 8.85 Å². The first kappa shape index (κ1) is 13.2. The highest BCUT2D eigenvalue weighted by atomic mass is 28.4. The minimum absolute atomic E-state index is 0.604. The molecule has 0 aromatic heterocycles. The summed E-state index contributed by atoms with van der Waals surface area (Å²) in [6, 6.07) is 9.09. The highest BCUT2D eigenvalue weighted by molar-refractivity contribution is 6.65. The molecule has 1 atom stereocenters. The van der Waals surface area contributed by atoms with Gasteiger partial charge in [0.25, 0.3) is 0 Å². The predicted molar refractivity (Wildman–Crippen MR) is 70.4 cm³/mol. The predicted octanol–water partition coefficient (Wildman–Crippen LogP) is 3.58. The van der Waals surface area contributed by atoms with E-state index in [1.165, 1.54) is 5.56 Å². The first-order valence-corrected chi connectivity index (χ1v) is 8.07. The molecule has 0 heterocycles. The van der Waals surface area contributed by atoms with Crippen molar-refractivity contribution in [1.29, 1.82) is 0 Å². The first-order valence-electron chi connectivity index (χ1n) is 5.54. The molecule has 2 nitrogen and oxygen atoms in total. The lowest BCUT2D eigenvalue weighted by atomic mass is 10.1. The molecule has 0 spiro atoms. The standard InChI is InChI=1S/C13H20O2Si/c1-5-12-9-7-8-10-13(12)11-15-16(4,6-2)14-3/h5,7-10H,1,6,11H2,2-4H3. The number of hydrogen-bond donors (Lipinski definition) is 0. The molecule has 0 fully saturated rings. The van der Waals surface area contributed by atoms with Gasteiger partial charge in [0, 0.05) is 7.11 Å². The summed E-state index contributed by atoms with van der Waals surface area (Å²) in [5, 5.41) is 0. The maximum Gasteiger partial charge on any atom is 0.334 e. The van der Waals surface area contributed by atoms with Gasteiger partial charge in [0.15, 0.2) is 0 Å². The molecule has 0 aliphatic carbocycles. The Labute approximate surface area is 99.2 Å². The van der Waals surface area contributed by atoms with Gasteiger partial charge in [-0.3, -0.25) is 0 Å². The van der Waals surface area contributed by atoms with E-state index in [2.05, 4.69) is 26.1 Å². The Morgan fingerprint density at radius 1 is 1.38 bits per heavy atom. The van der Waals surface area contributed by atoms with Crippen molar-refractivity contribution in [3.05, 3.63) is 42.0 Å². The Morgan fingerprint density at radius 3 is 2.62 bits per heavy atom. The lowest BCUT2D eigenvalue weighted by molar-refractivity contribution is 0.196. The smallest absolute Gasteiger partial charge is 0.334 e. The van der Waals surface area contributed by atoms with E-state index in [1.54, 1.807) is 7.11 Å². The van der Waals surface area contributed by atoms with Crippen LogP contribution in [0.25, 0.3) is 6.08 Å². The molecule has 16 heavy (non-hydrogen) atoms. The Hall–Kier alpha value is -0.903. The van der Waals surface area contributed by atoms with Gasteiger partial charge in [0.1, 0.15) is 0 Å². The van der Waals surface area contributed by atoms with Crippen molar-refractivity contribution >= 4 is 14.6 Å². The first-order chi connectivity index (χ1) is 7.65. The summed E-state index contributed by atoms with van der Waals surface area (Å²) in [7, 11) is -0.219. The fraction of sp³-hybridized carbons (Fsp3) is 0.385. The van der Waals surface area contributed by atoms with Crippen molar-refractivity contribution in [2.75, 3.05) is 7.11 Å². The molecule has 0 radical (unpaired) electrons. The van der Waals surface area contributed by atoms with Gasteiger partial charge < -0.3 is 8.85 Å². The van der Waals surface area contributed by atoms with Gasteiger partial charge in [-0.2, -0.15) is 0 Å². The maximum atomic E-state index is 5.93. The lowest BCUT2D eigenvalue weighted by Gasteiger charge is -2.23. The number of hydrogen-bond acceptors (Lipinski definition) is 2. The van der Waals surface area contributed by atoms with Gasteiger partial charge in [-0.05, 0) is 23.7 Å². The molecule has 1 aromatic carbocycles. The Kier molecular flexibility index (Phi) is 4.93. The Balaban J connectivity index is 2.70. The summed E-state index contributed by atoms with van der Waals surface area (Å²) in [5.74, 6) is 0. The van der Waals surface area contributed by atoms with Gasteiger partial charge in [-0.25, -0.2) is 0 Å².